The second-order valence-electron chi connectivity index (χ2n) is 14.4. The molecule has 2 rings (SSSR count). The van der Waals surface area contributed by atoms with Crippen LogP contribution < -0.4 is 4.90 Å². The number of hydrogen-bond acceptors (Lipinski definition) is 2. The summed E-state index contributed by atoms with van der Waals surface area (Å²) in [6.07, 6.45) is 49.6. The van der Waals surface area contributed by atoms with Gasteiger partial charge < -0.3 is 9.80 Å². The lowest BCUT2D eigenvalue weighted by Crippen LogP contribution is -2.39. The monoisotopic (exact) mass is 623 g/mol. The second-order valence-corrected chi connectivity index (χ2v) is 14.4. The molecular formula is C43H78N2. The van der Waals surface area contributed by atoms with Crippen LogP contribution in [0.3, 0.4) is 0 Å². The van der Waals surface area contributed by atoms with Gasteiger partial charge in [0.25, 0.3) is 0 Å². The fourth-order valence-corrected chi connectivity index (χ4v) is 7.27. The summed E-state index contributed by atoms with van der Waals surface area (Å²) in [7, 11) is 0. The van der Waals surface area contributed by atoms with Crippen molar-refractivity contribution in [1.29, 1.82) is 0 Å². The highest BCUT2D eigenvalue weighted by Crippen LogP contribution is 2.28. The van der Waals surface area contributed by atoms with E-state index in [-0.39, 0.29) is 0 Å². The zero-order chi connectivity index (χ0) is 31.9. The van der Waals surface area contributed by atoms with Crippen molar-refractivity contribution in [3.8, 4) is 0 Å². The predicted octanol–water partition coefficient (Wildman–Crippen LogP) is 14.7. The smallest absolute Gasteiger partial charge is 0.105 e. The lowest BCUT2D eigenvalue weighted by atomic mass is 10.0. The Labute approximate surface area is 283 Å². The third-order valence-corrected chi connectivity index (χ3v) is 10.3. The van der Waals surface area contributed by atoms with Gasteiger partial charge in [0.2, 0.25) is 0 Å². The molecule has 1 aromatic carbocycles. The van der Waals surface area contributed by atoms with E-state index < -0.39 is 0 Å². The average Bonchev–Trinajstić information content (AvgIpc) is 3.47. The normalized spacial score (nSPS) is 14.7. The number of hydrogen-bond donors (Lipinski definition) is 0. The minimum absolute atomic E-state index is 0.501. The van der Waals surface area contributed by atoms with Gasteiger partial charge in [0, 0.05) is 24.6 Å². The van der Waals surface area contributed by atoms with E-state index in [1.54, 1.807) is 0 Å². The summed E-state index contributed by atoms with van der Waals surface area (Å²) in [6.45, 7) is 5.83. The SMILES string of the molecule is CCCCCCCCCCCCCCCCCCCN1C=CN(c2ccccc2)C1CCCCCCCCCCCCCCC. The molecule has 1 aliphatic rings. The Morgan fingerprint density at radius 2 is 0.756 bits per heavy atom. The summed E-state index contributed by atoms with van der Waals surface area (Å²) in [5.74, 6) is 0. The molecule has 0 saturated heterocycles. The van der Waals surface area contributed by atoms with Crippen LogP contribution in [0.25, 0.3) is 0 Å². The van der Waals surface area contributed by atoms with Crippen molar-refractivity contribution >= 4 is 5.69 Å². The Balaban J connectivity index is 1.49. The van der Waals surface area contributed by atoms with Gasteiger partial charge in [0.15, 0.2) is 0 Å². The Bertz CT molecular complexity index is 758. The molecule has 260 valence electrons. The standard InChI is InChI=1S/C43H78N2/c1-3-5-7-9-11-13-15-17-18-19-20-22-24-26-28-30-35-39-44-40-41-45(42-36-32-31-33-37-42)43(44)38-34-29-27-25-23-21-16-14-12-10-8-6-4-2/h31-33,36-37,40-41,43H,3-30,34-35,38-39H2,1-2H3. The highest BCUT2D eigenvalue weighted by molar-refractivity contribution is 5.51. The van der Waals surface area contributed by atoms with Crippen LogP contribution in [0.2, 0.25) is 0 Å². The molecule has 0 aliphatic carbocycles. The van der Waals surface area contributed by atoms with Crippen LogP contribution in [0.4, 0.5) is 5.69 Å². The van der Waals surface area contributed by atoms with Crippen molar-refractivity contribution in [3.63, 3.8) is 0 Å². The Morgan fingerprint density at radius 3 is 1.16 bits per heavy atom. The largest absolute Gasteiger partial charge is 0.356 e. The van der Waals surface area contributed by atoms with Crippen LogP contribution in [0, 0.1) is 0 Å². The number of anilines is 1. The predicted molar refractivity (Wildman–Crippen MR) is 203 cm³/mol. The van der Waals surface area contributed by atoms with Crippen molar-refractivity contribution in [2.24, 2.45) is 0 Å². The molecule has 45 heavy (non-hydrogen) atoms. The van der Waals surface area contributed by atoms with Gasteiger partial charge in [0.05, 0.1) is 0 Å². The molecule has 0 bridgehead atoms. The number of nitrogens with zero attached hydrogens (tertiary/aromatic N) is 2. The highest BCUT2D eigenvalue weighted by atomic mass is 15.4. The third kappa shape index (κ3) is 21.1. The minimum Gasteiger partial charge on any atom is -0.356 e. The fourth-order valence-electron chi connectivity index (χ4n) is 7.27. The van der Waals surface area contributed by atoms with Crippen molar-refractivity contribution < 1.29 is 0 Å². The van der Waals surface area contributed by atoms with Crippen molar-refractivity contribution in [2.75, 3.05) is 11.4 Å². The van der Waals surface area contributed by atoms with E-state index in [0.29, 0.717) is 6.17 Å². The van der Waals surface area contributed by atoms with Gasteiger partial charge in [-0.05, 0) is 31.4 Å². The van der Waals surface area contributed by atoms with Crippen LogP contribution in [0.15, 0.2) is 42.7 Å². The first-order chi connectivity index (χ1) is 22.4. The maximum absolute atomic E-state index is 2.65. The molecular weight excluding hydrogens is 544 g/mol. The topological polar surface area (TPSA) is 6.48 Å². The molecule has 1 unspecified atom stereocenters. The molecule has 2 heteroatoms. The lowest BCUT2D eigenvalue weighted by Gasteiger charge is -2.33. The zero-order valence-corrected chi connectivity index (χ0v) is 30.6. The van der Waals surface area contributed by atoms with Crippen molar-refractivity contribution in [1.82, 2.24) is 4.90 Å². The van der Waals surface area contributed by atoms with Crippen molar-refractivity contribution in [3.05, 3.63) is 42.7 Å². The molecule has 0 aromatic heterocycles. The maximum atomic E-state index is 2.65. The second kappa shape index (κ2) is 29.9. The van der Waals surface area contributed by atoms with Crippen molar-refractivity contribution in [2.45, 2.75) is 219 Å². The van der Waals surface area contributed by atoms with Crippen LogP contribution in [0.1, 0.15) is 213 Å². The molecule has 1 heterocycles. The van der Waals surface area contributed by atoms with E-state index in [1.807, 2.05) is 0 Å². The highest BCUT2D eigenvalue weighted by Gasteiger charge is 2.26. The minimum atomic E-state index is 0.501. The van der Waals surface area contributed by atoms with Gasteiger partial charge in [-0.25, -0.2) is 0 Å². The summed E-state index contributed by atoms with van der Waals surface area (Å²) < 4.78 is 0. The summed E-state index contributed by atoms with van der Waals surface area (Å²) >= 11 is 0. The molecule has 0 fully saturated rings. The van der Waals surface area contributed by atoms with E-state index in [0.717, 1.165) is 0 Å². The third-order valence-electron chi connectivity index (χ3n) is 10.3. The van der Waals surface area contributed by atoms with E-state index in [9.17, 15) is 0 Å². The Hall–Kier alpha value is -1.44. The molecule has 0 saturated carbocycles. The number of unbranched alkanes of at least 4 members (excludes halogenated alkanes) is 28. The summed E-state index contributed by atoms with van der Waals surface area (Å²) in [5.41, 5.74) is 1.35. The maximum Gasteiger partial charge on any atom is 0.105 e. The first-order valence-electron chi connectivity index (χ1n) is 20.6. The molecule has 1 atom stereocenters. The summed E-state index contributed by atoms with van der Waals surface area (Å²) in [5, 5.41) is 0. The first kappa shape index (κ1) is 39.7. The molecule has 0 radical (unpaired) electrons. The number of rotatable bonds is 33. The molecule has 0 spiro atoms. The van der Waals surface area contributed by atoms with E-state index in [4.69, 9.17) is 0 Å². The Kier molecular flexibility index (Phi) is 26.4. The van der Waals surface area contributed by atoms with Crippen LogP contribution in [0.5, 0.6) is 0 Å². The molecule has 1 aliphatic heterocycles. The van der Waals surface area contributed by atoms with Crippen LogP contribution in [-0.4, -0.2) is 17.6 Å². The molecule has 0 N–H and O–H groups in total. The van der Waals surface area contributed by atoms with Gasteiger partial charge in [-0.2, -0.15) is 0 Å². The number of para-hydroxylation sites is 1. The van der Waals surface area contributed by atoms with Gasteiger partial charge >= 0.3 is 0 Å². The fraction of sp³-hybridized carbons (Fsp3) is 0.814. The quantitative estimate of drug-likeness (QED) is 0.0720. The van der Waals surface area contributed by atoms with Gasteiger partial charge in [-0.1, -0.05) is 212 Å². The lowest BCUT2D eigenvalue weighted by molar-refractivity contribution is 0.273. The van der Waals surface area contributed by atoms with Gasteiger partial charge in [0.1, 0.15) is 6.17 Å². The average molecular weight is 623 g/mol. The van der Waals surface area contributed by atoms with E-state index >= 15 is 0 Å². The molecule has 2 nitrogen and oxygen atoms in total. The molecule has 1 aromatic rings. The Morgan fingerprint density at radius 1 is 0.400 bits per heavy atom. The summed E-state index contributed by atoms with van der Waals surface area (Å²) in [4.78, 5) is 5.19. The van der Waals surface area contributed by atoms with Crippen LogP contribution in [-0.2, 0) is 0 Å². The molecule has 0 amide bonds. The zero-order valence-electron chi connectivity index (χ0n) is 30.6. The number of benzene rings is 1. The van der Waals surface area contributed by atoms with E-state index in [1.165, 1.54) is 211 Å². The van der Waals surface area contributed by atoms with Crippen LogP contribution >= 0.6 is 0 Å². The summed E-state index contributed by atoms with van der Waals surface area (Å²) in [6, 6.07) is 11.1. The van der Waals surface area contributed by atoms with Gasteiger partial charge in [-0.15, -0.1) is 0 Å². The van der Waals surface area contributed by atoms with E-state index in [2.05, 4.69) is 66.4 Å². The van der Waals surface area contributed by atoms with Gasteiger partial charge in [-0.3, -0.25) is 0 Å². The first-order valence-corrected chi connectivity index (χ1v) is 20.6.